The van der Waals surface area contributed by atoms with Gasteiger partial charge < -0.3 is 15.7 Å². The third-order valence-electron chi connectivity index (χ3n) is 5.50. The number of hydrogen-bond donors (Lipinski definition) is 2. The molecule has 1 saturated heterocycles. The van der Waals surface area contributed by atoms with Crippen LogP contribution in [0.2, 0.25) is 0 Å². The Labute approximate surface area is 142 Å². The molecule has 1 fully saturated rings. The van der Waals surface area contributed by atoms with Crippen molar-refractivity contribution in [2.75, 3.05) is 19.6 Å². The summed E-state index contributed by atoms with van der Waals surface area (Å²) in [5, 5.41) is 9.63. The Morgan fingerprint density at radius 2 is 1.57 bits per heavy atom. The number of carbonyl (C=O) groups excluding carboxylic acids is 1. The molecule has 1 amide bonds. The summed E-state index contributed by atoms with van der Waals surface area (Å²) in [6, 6.07) is 0. The van der Waals surface area contributed by atoms with Gasteiger partial charge in [0.1, 0.15) is 0 Å². The molecule has 23 heavy (non-hydrogen) atoms. The van der Waals surface area contributed by atoms with Crippen LogP contribution in [0.5, 0.6) is 0 Å². The third kappa shape index (κ3) is 7.21. The summed E-state index contributed by atoms with van der Waals surface area (Å²) in [6.07, 6.45) is 11.2. The number of nitrogens with zero attached hydrogens (tertiary/aromatic N) is 1. The molecule has 0 radical (unpaired) electrons. The molecule has 0 aliphatic carbocycles. The lowest BCUT2D eigenvalue weighted by Gasteiger charge is -2.35. The molecule has 4 heteroatoms. The highest BCUT2D eigenvalue weighted by Gasteiger charge is 2.35. The number of amides is 1. The number of primary amides is 1. The van der Waals surface area contributed by atoms with E-state index in [1.54, 1.807) is 0 Å². The second kappa shape index (κ2) is 11.0. The summed E-state index contributed by atoms with van der Waals surface area (Å²) in [5.74, 6) is -0.0956. The molecule has 0 aromatic rings. The van der Waals surface area contributed by atoms with Crippen molar-refractivity contribution in [1.29, 1.82) is 0 Å². The predicted molar refractivity (Wildman–Crippen MR) is 96.2 cm³/mol. The van der Waals surface area contributed by atoms with Crippen molar-refractivity contribution in [3.63, 3.8) is 0 Å². The summed E-state index contributed by atoms with van der Waals surface area (Å²) in [7, 11) is 0. The monoisotopic (exact) mass is 326 g/mol. The van der Waals surface area contributed by atoms with E-state index in [9.17, 15) is 9.90 Å². The Morgan fingerprint density at radius 3 is 2.00 bits per heavy atom. The average molecular weight is 327 g/mol. The molecule has 1 aliphatic rings. The number of carbonyl (C=O) groups is 1. The first-order valence-corrected chi connectivity index (χ1v) is 9.74. The highest BCUT2D eigenvalue weighted by molar-refractivity contribution is 5.80. The van der Waals surface area contributed by atoms with E-state index in [1.807, 2.05) is 0 Å². The zero-order valence-electron chi connectivity index (χ0n) is 15.4. The lowest BCUT2D eigenvalue weighted by atomic mass is 9.74. The molecule has 0 bridgehead atoms. The zero-order valence-corrected chi connectivity index (χ0v) is 15.4. The topological polar surface area (TPSA) is 66.6 Å². The largest absolute Gasteiger partial charge is 0.393 e. The summed E-state index contributed by atoms with van der Waals surface area (Å²) < 4.78 is 0. The first-order valence-electron chi connectivity index (χ1n) is 9.74. The Morgan fingerprint density at radius 1 is 1.04 bits per heavy atom. The average Bonchev–Trinajstić information content (AvgIpc) is 2.53. The van der Waals surface area contributed by atoms with Crippen LogP contribution in [-0.2, 0) is 4.79 Å². The van der Waals surface area contributed by atoms with Gasteiger partial charge in [0.05, 0.1) is 11.5 Å². The van der Waals surface area contributed by atoms with Gasteiger partial charge in [0.15, 0.2) is 0 Å². The molecule has 0 aromatic carbocycles. The van der Waals surface area contributed by atoms with Crippen LogP contribution in [0.3, 0.4) is 0 Å². The fourth-order valence-corrected chi connectivity index (χ4v) is 3.69. The van der Waals surface area contributed by atoms with Gasteiger partial charge in [-0.25, -0.2) is 0 Å². The van der Waals surface area contributed by atoms with Gasteiger partial charge in [-0.05, 0) is 38.6 Å². The number of unbranched alkanes of at least 4 members (excludes halogenated alkanes) is 4. The van der Waals surface area contributed by atoms with Gasteiger partial charge >= 0.3 is 0 Å². The molecule has 0 atom stereocenters. The van der Waals surface area contributed by atoms with E-state index in [4.69, 9.17) is 5.73 Å². The zero-order chi connectivity index (χ0) is 17.1. The Bertz CT molecular complexity index is 315. The molecular formula is C19H38N2O2. The number of likely N-dealkylation sites (tertiary alicyclic amines) is 1. The second-order valence-electron chi connectivity index (χ2n) is 7.38. The fraction of sp³-hybridized carbons (Fsp3) is 0.947. The minimum Gasteiger partial charge on any atom is -0.393 e. The van der Waals surface area contributed by atoms with Crippen LogP contribution in [0.25, 0.3) is 0 Å². The molecule has 1 rings (SSSR count). The molecule has 136 valence electrons. The number of nitrogens with two attached hydrogens (primary N) is 1. The standard InChI is InChI=1S/C19H38N2O2/c1-3-5-7-11-19(18(20)23,12-8-6-4-2)13-16-21-14-9-17(22)10-15-21/h17,22H,3-16H2,1-2H3,(H2,20,23). The maximum absolute atomic E-state index is 12.3. The molecule has 0 unspecified atom stereocenters. The van der Waals surface area contributed by atoms with Crippen LogP contribution in [0.4, 0.5) is 0 Å². The quantitative estimate of drug-likeness (QED) is 0.540. The summed E-state index contributed by atoms with van der Waals surface area (Å²) in [5.41, 5.74) is 5.56. The number of hydrogen-bond acceptors (Lipinski definition) is 3. The second-order valence-corrected chi connectivity index (χ2v) is 7.38. The van der Waals surface area contributed by atoms with Gasteiger partial charge in [-0.1, -0.05) is 52.4 Å². The fourth-order valence-electron chi connectivity index (χ4n) is 3.69. The van der Waals surface area contributed by atoms with Crippen molar-refractivity contribution in [2.45, 2.75) is 90.6 Å². The van der Waals surface area contributed by atoms with Crippen LogP contribution in [0, 0.1) is 5.41 Å². The Balaban J connectivity index is 2.60. The number of aliphatic hydroxyl groups excluding tert-OH is 1. The molecular weight excluding hydrogens is 288 g/mol. The van der Waals surface area contributed by atoms with E-state index < -0.39 is 0 Å². The Kier molecular flexibility index (Phi) is 9.80. The van der Waals surface area contributed by atoms with Crippen LogP contribution in [-0.4, -0.2) is 41.7 Å². The van der Waals surface area contributed by atoms with Crippen molar-refractivity contribution < 1.29 is 9.90 Å². The molecule has 1 heterocycles. The highest BCUT2D eigenvalue weighted by atomic mass is 16.3. The number of piperidine rings is 1. The molecule has 0 spiro atoms. The first-order chi connectivity index (χ1) is 11.0. The highest BCUT2D eigenvalue weighted by Crippen LogP contribution is 2.35. The van der Waals surface area contributed by atoms with E-state index in [0.717, 1.165) is 64.6 Å². The van der Waals surface area contributed by atoms with Crippen molar-refractivity contribution in [2.24, 2.45) is 11.1 Å². The van der Waals surface area contributed by atoms with Crippen LogP contribution in [0.15, 0.2) is 0 Å². The van der Waals surface area contributed by atoms with E-state index in [0.29, 0.717) is 0 Å². The van der Waals surface area contributed by atoms with Crippen molar-refractivity contribution in [3.05, 3.63) is 0 Å². The Hall–Kier alpha value is -0.610. The third-order valence-corrected chi connectivity index (χ3v) is 5.50. The van der Waals surface area contributed by atoms with Gasteiger partial charge in [-0.3, -0.25) is 4.79 Å². The molecule has 4 nitrogen and oxygen atoms in total. The van der Waals surface area contributed by atoms with Gasteiger partial charge in [-0.15, -0.1) is 0 Å². The smallest absolute Gasteiger partial charge is 0.223 e. The van der Waals surface area contributed by atoms with Crippen LogP contribution >= 0.6 is 0 Å². The summed E-state index contributed by atoms with van der Waals surface area (Å²) >= 11 is 0. The molecule has 0 saturated carbocycles. The van der Waals surface area contributed by atoms with Crippen LogP contribution < -0.4 is 5.73 Å². The van der Waals surface area contributed by atoms with Gasteiger partial charge in [-0.2, -0.15) is 0 Å². The van der Waals surface area contributed by atoms with Crippen molar-refractivity contribution in [3.8, 4) is 0 Å². The van der Waals surface area contributed by atoms with Gasteiger partial charge in [0.25, 0.3) is 0 Å². The molecule has 1 aliphatic heterocycles. The lowest BCUT2D eigenvalue weighted by Crippen LogP contribution is -2.43. The summed E-state index contributed by atoms with van der Waals surface area (Å²) in [6.45, 7) is 7.22. The van der Waals surface area contributed by atoms with Gasteiger partial charge in [0, 0.05) is 13.1 Å². The number of rotatable bonds is 12. The minimum atomic E-state index is -0.319. The van der Waals surface area contributed by atoms with E-state index in [1.165, 1.54) is 25.7 Å². The molecule has 0 aromatic heterocycles. The minimum absolute atomic E-state index is 0.0956. The van der Waals surface area contributed by atoms with Crippen LogP contribution in [0.1, 0.15) is 84.5 Å². The van der Waals surface area contributed by atoms with E-state index in [-0.39, 0.29) is 17.4 Å². The first kappa shape index (κ1) is 20.4. The maximum atomic E-state index is 12.3. The number of aliphatic hydroxyl groups is 1. The lowest BCUT2D eigenvalue weighted by molar-refractivity contribution is -0.129. The SMILES string of the molecule is CCCCCC(CCCCC)(CCN1CCC(O)CC1)C(N)=O. The van der Waals surface area contributed by atoms with Crippen molar-refractivity contribution >= 4 is 5.91 Å². The van der Waals surface area contributed by atoms with E-state index >= 15 is 0 Å². The predicted octanol–water partition coefficient (Wildman–Crippen LogP) is 3.47. The van der Waals surface area contributed by atoms with Gasteiger partial charge in [0.2, 0.25) is 5.91 Å². The normalized spacial score (nSPS) is 17.5. The summed E-state index contributed by atoms with van der Waals surface area (Å²) in [4.78, 5) is 14.7. The van der Waals surface area contributed by atoms with E-state index in [2.05, 4.69) is 18.7 Å². The molecule has 3 N–H and O–H groups in total. The van der Waals surface area contributed by atoms with Crippen molar-refractivity contribution in [1.82, 2.24) is 4.90 Å². The maximum Gasteiger partial charge on any atom is 0.223 e.